The maximum atomic E-state index is 11.5. The summed E-state index contributed by atoms with van der Waals surface area (Å²) in [7, 11) is 0. The van der Waals surface area contributed by atoms with E-state index >= 15 is 0 Å². The SMILES string of the molecule is CC(=O)C(c1nc(-c2ccco2)no1)C(C)C. The fraction of sp³-hybridized carbons (Fsp3) is 0.417. The topological polar surface area (TPSA) is 69.1 Å². The van der Waals surface area contributed by atoms with E-state index in [4.69, 9.17) is 8.94 Å². The molecular formula is C12H14N2O3. The summed E-state index contributed by atoms with van der Waals surface area (Å²) >= 11 is 0. The summed E-state index contributed by atoms with van der Waals surface area (Å²) in [5.74, 6) is 1.04. The van der Waals surface area contributed by atoms with Crippen molar-refractivity contribution in [1.29, 1.82) is 0 Å². The van der Waals surface area contributed by atoms with Gasteiger partial charge in [-0.25, -0.2) is 0 Å². The lowest BCUT2D eigenvalue weighted by Crippen LogP contribution is -2.15. The quantitative estimate of drug-likeness (QED) is 0.813. The molecule has 2 rings (SSSR count). The Labute approximate surface area is 98.8 Å². The van der Waals surface area contributed by atoms with Gasteiger partial charge in [-0.3, -0.25) is 4.79 Å². The van der Waals surface area contributed by atoms with Crippen LogP contribution in [0.3, 0.4) is 0 Å². The Bertz CT molecular complexity index is 500. The molecule has 1 atom stereocenters. The number of carbonyl (C=O) groups is 1. The zero-order valence-electron chi connectivity index (χ0n) is 10.0. The number of hydrogen-bond acceptors (Lipinski definition) is 5. The highest BCUT2D eigenvalue weighted by atomic mass is 16.5. The first-order valence-electron chi connectivity index (χ1n) is 5.47. The third kappa shape index (κ3) is 2.27. The molecule has 0 bridgehead atoms. The summed E-state index contributed by atoms with van der Waals surface area (Å²) in [4.78, 5) is 15.7. The summed E-state index contributed by atoms with van der Waals surface area (Å²) in [6, 6.07) is 3.49. The molecule has 0 saturated heterocycles. The first-order valence-corrected chi connectivity index (χ1v) is 5.47. The van der Waals surface area contributed by atoms with Gasteiger partial charge < -0.3 is 8.94 Å². The van der Waals surface area contributed by atoms with E-state index in [1.807, 2.05) is 13.8 Å². The molecule has 5 nitrogen and oxygen atoms in total. The van der Waals surface area contributed by atoms with Gasteiger partial charge >= 0.3 is 0 Å². The molecule has 0 radical (unpaired) electrons. The van der Waals surface area contributed by atoms with E-state index in [0.717, 1.165) is 0 Å². The molecule has 1 unspecified atom stereocenters. The lowest BCUT2D eigenvalue weighted by molar-refractivity contribution is -0.119. The van der Waals surface area contributed by atoms with E-state index in [9.17, 15) is 4.79 Å². The molecule has 0 fully saturated rings. The van der Waals surface area contributed by atoms with Gasteiger partial charge in [0, 0.05) is 0 Å². The average molecular weight is 234 g/mol. The lowest BCUT2D eigenvalue weighted by Gasteiger charge is -2.12. The molecule has 90 valence electrons. The van der Waals surface area contributed by atoms with Gasteiger partial charge in [0.25, 0.3) is 0 Å². The molecule has 0 N–H and O–H groups in total. The molecule has 0 amide bonds. The van der Waals surface area contributed by atoms with Crippen LogP contribution < -0.4 is 0 Å². The van der Waals surface area contributed by atoms with Crippen LogP contribution in [0.25, 0.3) is 11.6 Å². The van der Waals surface area contributed by atoms with Gasteiger partial charge in [0.1, 0.15) is 5.78 Å². The summed E-state index contributed by atoms with van der Waals surface area (Å²) in [6.07, 6.45) is 1.54. The zero-order valence-corrected chi connectivity index (χ0v) is 10.0. The highest BCUT2D eigenvalue weighted by Crippen LogP contribution is 2.26. The first kappa shape index (κ1) is 11.6. The van der Waals surface area contributed by atoms with Gasteiger partial charge in [0.05, 0.1) is 12.2 Å². The Hall–Kier alpha value is -1.91. The van der Waals surface area contributed by atoms with Crippen molar-refractivity contribution in [2.75, 3.05) is 0 Å². The van der Waals surface area contributed by atoms with Crippen molar-refractivity contribution in [2.24, 2.45) is 5.92 Å². The molecular weight excluding hydrogens is 220 g/mol. The Balaban J connectivity index is 2.31. The predicted octanol–water partition coefficient (Wildman–Crippen LogP) is 2.66. The minimum absolute atomic E-state index is 0.0228. The van der Waals surface area contributed by atoms with Crippen LogP contribution in [-0.2, 0) is 4.79 Å². The van der Waals surface area contributed by atoms with Crippen LogP contribution in [-0.4, -0.2) is 15.9 Å². The van der Waals surface area contributed by atoms with Crippen molar-refractivity contribution in [3.8, 4) is 11.6 Å². The molecule has 5 heteroatoms. The van der Waals surface area contributed by atoms with Crippen LogP contribution in [0.1, 0.15) is 32.6 Å². The van der Waals surface area contributed by atoms with E-state index in [1.54, 1.807) is 12.1 Å². The third-order valence-corrected chi connectivity index (χ3v) is 2.55. The largest absolute Gasteiger partial charge is 0.461 e. The van der Waals surface area contributed by atoms with Crippen LogP contribution in [0.5, 0.6) is 0 Å². The third-order valence-electron chi connectivity index (χ3n) is 2.55. The number of carbonyl (C=O) groups excluding carboxylic acids is 1. The van der Waals surface area contributed by atoms with Crippen LogP contribution in [0.15, 0.2) is 27.3 Å². The monoisotopic (exact) mass is 234 g/mol. The zero-order chi connectivity index (χ0) is 12.4. The van der Waals surface area contributed by atoms with E-state index in [1.165, 1.54) is 13.2 Å². The van der Waals surface area contributed by atoms with Gasteiger partial charge in [0.15, 0.2) is 5.76 Å². The second-order valence-corrected chi connectivity index (χ2v) is 4.27. The van der Waals surface area contributed by atoms with Crippen LogP contribution in [0, 0.1) is 5.92 Å². The van der Waals surface area contributed by atoms with E-state index < -0.39 is 0 Å². The molecule has 17 heavy (non-hydrogen) atoms. The smallest absolute Gasteiger partial charge is 0.238 e. The second kappa shape index (κ2) is 4.53. The van der Waals surface area contributed by atoms with Crippen molar-refractivity contribution in [1.82, 2.24) is 10.1 Å². The molecule has 0 aliphatic rings. The summed E-state index contributed by atoms with van der Waals surface area (Å²) in [5.41, 5.74) is 0. The minimum Gasteiger partial charge on any atom is -0.461 e. The molecule has 0 aliphatic heterocycles. The molecule has 0 aliphatic carbocycles. The first-order chi connectivity index (χ1) is 8.09. The van der Waals surface area contributed by atoms with Crippen LogP contribution in [0.4, 0.5) is 0 Å². The lowest BCUT2D eigenvalue weighted by atomic mass is 9.92. The molecule has 2 heterocycles. The fourth-order valence-corrected chi connectivity index (χ4v) is 1.80. The highest BCUT2D eigenvalue weighted by Gasteiger charge is 2.27. The maximum Gasteiger partial charge on any atom is 0.238 e. The van der Waals surface area contributed by atoms with Crippen molar-refractivity contribution in [3.63, 3.8) is 0 Å². The summed E-state index contributed by atoms with van der Waals surface area (Å²) < 4.78 is 10.3. The second-order valence-electron chi connectivity index (χ2n) is 4.27. The van der Waals surface area contributed by atoms with Crippen LogP contribution in [0.2, 0.25) is 0 Å². The number of nitrogens with zero attached hydrogens (tertiary/aromatic N) is 2. The van der Waals surface area contributed by atoms with E-state index in [2.05, 4.69) is 10.1 Å². The normalized spacial score (nSPS) is 12.9. The Morgan fingerprint density at radius 3 is 2.71 bits per heavy atom. The van der Waals surface area contributed by atoms with E-state index in [-0.39, 0.29) is 17.6 Å². The average Bonchev–Trinajstić information content (AvgIpc) is 2.83. The Kier molecular flexibility index (Phi) is 3.08. The predicted molar refractivity (Wildman–Crippen MR) is 60.3 cm³/mol. The summed E-state index contributed by atoms with van der Waals surface area (Å²) in [6.45, 7) is 5.42. The fourth-order valence-electron chi connectivity index (χ4n) is 1.80. The number of aromatic nitrogens is 2. The van der Waals surface area contributed by atoms with Gasteiger partial charge in [-0.05, 0) is 25.0 Å². The number of ketones is 1. The van der Waals surface area contributed by atoms with Crippen molar-refractivity contribution in [3.05, 3.63) is 24.3 Å². The molecule has 2 aromatic heterocycles. The minimum atomic E-state index is -0.355. The number of Topliss-reactive ketones (excluding diaryl/α,β-unsaturated/α-hetero) is 1. The van der Waals surface area contributed by atoms with Crippen molar-refractivity contribution in [2.45, 2.75) is 26.7 Å². The highest BCUT2D eigenvalue weighted by molar-refractivity contribution is 5.82. The molecule has 0 saturated carbocycles. The number of furan rings is 1. The molecule has 2 aromatic rings. The summed E-state index contributed by atoms with van der Waals surface area (Å²) in [5, 5.41) is 3.81. The maximum absolute atomic E-state index is 11.5. The Morgan fingerprint density at radius 1 is 1.41 bits per heavy atom. The number of hydrogen-bond donors (Lipinski definition) is 0. The van der Waals surface area contributed by atoms with Crippen molar-refractivity contribution < 1.29 is 13.7 Å². The van der Waals surface area contributed by atoms with Gasteiger partial charge in [-0.1, -0.05) is 19.0 Å². The number of rotatable bonds is 4. The molecule has 0 aromatic carbocycles. The standard InChI is InChI=1S/C12H14N2O3/c1-7(2)10(8(3)15)12-13-11(14-17-12)9-5-4-6-16-9/h4-7,10H,1-3H3. The Morgan fingerprint density at radius 2 is 2.18 bits per heavy atom. The van der Waals surface area contributed by atoms with E-state index in [0.29, 0.717) is 17.5 Å². The van der Waals surface area contributed by atoms with Crippen LogP contribution >= 0.6 is 0 Å². The van der Waals surface area contributed by atoms with Gasteiger partial charge in [-0.15, -0.1) is 0 Å². The van der Waals surface area contributed by atoms with Gasteiger partial charge in [-0.2, -0.15) is 4.98 Å². The van der Waals surface area contributed by atoms with Crippen molar-refractivity contribution >= 4 is 5.78 Å². The molecule has 0 spiro atoms. The van der Waals surface area contributed by atoms with Gasteiger partial charge in [0.2, 0.25) is 11.7 Å².